The van der Waals surface area contributed by atoms with Crippen molar-refractivity contribution in [1.29, 1.82) is 0 Å². The standard InChI is InChI=1S/C26H19NS/c1-2-17-9-7-12-20-21-13-8-16-24(26(21)28-25(17)20)27-22-14-5-3-10-18(22)19-11-4-6-15-23(19)27/h3-16H,2H2,1H3. The van der Waals surface area contributed by atoms with Crippen LogP contribution in [0.5, 0.6) is 0 Å². The Morgan fingerprint density at radius 3 is 1.86 bits per heavy atom. The zero-order valence-electron chi connectivity index (χ0n) is 15.6. The fraction of sp³-hybridized carbons (Fsp3) is 0.0769. The molecule has 6 rings (SSSR count). The summed E-state index contributed by atoms with van der Waals surface area (Å²) >= 11 is 1.93. The quantitative estimate of drug-likeness (QED) is 0.291. The topological polar surface area (TPSA) is 4.93 Å². The number of rotatable bonds is 2. The Balaban J connectivity index is 1.81. The number of fused-ring (bicyclic) bond motifs is 6. The van der Waals surface area contributed by atoms with Gasteiger partial charge < -0.3 is 4.57 Å². The van der Waals surface area contributed by atoms with E-state index in [0.717, 1.165) is 6.42 Å². The lowest BCUT2D eigenvalue weighted by Gasteiger charge is -2.09. The first-order chi connectivity index (χ1) is 13.9. The van der Waals surface area contributed by atoms with Crippen LogP contribution >= 0.6 is 11.3 Å². The SMILES string of the molecule is CCc1cccc2c1sc1c(-n3c4ccccc4c4ccccc43)cccc12. The molecule has 2 heteroatoms. The number of benzene rings is 4. The van der Waals surface area contributed by atoms with Gasteiger partial charge in [-0.25, -0.2) is 0 Å². The van der Waals surface area contributed by atoms with Gasteiger partial charge in [0.25, 0.3) is 0 Å². The summed E-state index contributed by atoms with van der Waals surface area (Å²) in [5, 5.41) is 5.35. The summed E-state index contributed by atoms with van der Waals surface area (Å²) in [7, 11) is 0. The van der Waals surface area contributed by atoms with E-state index in [-0.39, 0.29) is 0 Å². The number of hydrogen-bond acceptors (Lipinski definition) is 1. The highest BCUT2D eigenvalue weighted by Crippen LogP contribution is 2.41. The fourth-order valence-corrected chi connectivity index (χ4v) is 5.89. The maximum atomic E-state index is 2.44. The first-order valence-corrected chi connectivity index (χ1v) is 10.6. The second-order valence-electron chi connectivity index (χ2n) is 7.27. The van der Waals surface area contributed by atoms with Crippen LogP contribution in [-0.4, -0.2) is 4.57 Å². The predicted octanol–water partition coefficient (Wildman–Crippen LogP) is 7.71. The van der Waals surface area contributed by atoms with Gasteiger partial charge in [0.1, 0.15) is 0 Å². The Kier molecular flexibility index (Phi) is 3.38. The van der Waals surface area contributed by atoms with E-state index in [9.17, 15) is 0 Å². The van der Waals surface area contributed by atoms with E-state index in [4.69, 9.17) is 0 Å². The predicted molar refractivity (Wildman–Crippen MR) is 123 cm³/mol. The molecule has 0 bridgehead atoms. The minimum absolute atomic E-state index is 1.06. The molecule has 28 heavy (non-hydrogen) atoms. The van der Waals surface area contributed by atoms with E-state index >= 15 is 0 Å². The second kappa shape index (κ2) is 5.95. The molecule has 0 saturated heterocycles. The van der Waals surface area contributed by atoms with Crippen molar-refractivity contribution in [2.75, 3.05) is 0 Å². The molecule has 1 nitrogen and oxygen atoms in total. The summed E-state index contributed by atoms with van der Waals surface area (Å²) < 4.78 is 5.23. The Labute approximate surface area is 167 Å². The molecule has 4 aromatic carbocycles. The lowest BCUT2D eigenvalue weighted by atomic mass is 10.1. The fourth-order valence-electron chi connectivity index (χ4n) is 4.50. The monoisotopic (exact) mass is 377 g/mol. The number of aryl methyl sites for hydroxylation is 1. The van der Waals surface area contributed by atoms with Crippen LogP contribution in [0.4, 0.5) is 0 Å². The van der Waals surface area contributed by atoms with Crippen LogP contribution in [0.1, 0.15) is 12.5 Å². The van der Waals surface area contributed by atoms with Gasteiger partial charge in [-0.1, -0.05) is 73.7 Å². The number of hydrogen-bond donors (Lipinski definition) is 0. The van der Waals surface area contributed by atoms with Crippen LogP contribution in [0.2, 0.25) is 0 Å². The number of para-hydroxylation sites is 2. The van der Waals surface area contributed by atoms with Crippen LogP contribution in [-0.2, 0) is 6.42 Å². The van der Waals surface area contributed by atoms with Gasteiger partial charge in [-0.3, -0.25) is 0 Å². The average molecular weight is 378 g/mol. The maximum absolute atomic E-state index is 2.44. The van der Waals surface area contributed by atoms with Gasteiger partial charge in [0, 0.05) is 26.2 Å². The summed E-state index contributed by atoms with van der Waals surface area (Å²) in [4.78, 5) is 0. The van der Waals surface area contributed by atoms with E-state index in [1.165, 1.54) is 53.2 Å². The van der Waals surface area contributed by atoms with E-state index < -0.39 is 0 Å². The Hall–Kier alpha value is -3.10. The third-order valence-electron chi connectivity index (χ3n) is 5.79. The highest BCUT2D eigenvalue weighted by atomic mass is 32.1. The van der Waals surface area contributed by atoms with Crippen molar-refractivity contribution in [3.63, 3.8) is 0 Å². The first-order valence-electron chi connectivity index (χ1n) is 9.78. The molecule has 0 amide bonds. The zero-order valence-corrected chi connectivity index (χ0v) is 16.5. The summed E-state index contributed by atoms with van der Waals surface area (Å²) in [6.45, 7) is 2.24. The molecule has 0 atom stereocenters. The molecule has 0 spiro atoms. The molecule has 0 N–H and O–H groups in total. The summed E-state index contributed by atoms with van der Waals surface area (Å²) in [5.74, 6) is 0. The largest absolute Gasteiger partial charge is 0.308 e. The molecule has 0 radical (unpaired) electrons. The second-order valence-corrected chi connectivity index (χ2v) is 8.29. The van der Waals surface area contributed by atoms with Crippen LogP contribution in [0.25, 0.3) is 47.7 Å². The highest BCUT2D eigenvalue weighted by Gasteiger charge is 2.16. The maximum Gasteiger partial charge on any atom is 0.0640 e. The number of aromatic nitrogens is 1. The summed E-state index contributed by atoms with van der Waals surface area (Å²) in [6.07, 6.45) is 1.06. The van der Waals surface area contributed by atoms with Crippen LogP contribution in [0.3, 0.4) is 0 Å². The lowest BCUT2D eigenvalue weighted by molar-refractivity contribution is 1.16. The normalized spacial score (nSPS) is 11.9. The molecule has 0 aliphatic heterocycles. The Bertz CT molecular complexity index is 1450. The van der Waals surface area contributed by atoms with E-state index in [2.05, 4.69) is 96.4 Å². The molecule has 0 aliphatic rings. The van der Waals surface area contributed by atoms with Crippen LogP contribution < -0.4 is 0 Å². The molecule has 0 fully saturated rings. The third-order valence-corrected chi connectivity index (χ3v) is 7.11. The molecule has 2 heterocycles. The van der Waals surface area contributed by atoms with E-state index in [0.29, 0.717) is 0 Å². The van der Waals surface area contributed by atoms with Crippen LogP contribution in [0.15, 0.2) is 84.9 Å². The molecule has 134 valence electrons. The van der Waals surface area contributed by atoms with Gasteiger partial charge in [0.15, 0.2) is 0 Å². The number of nitrogens with zero attached hydrogens (tertiary/aromatic N) is 1. The van der Waals surface area contributed by atoms with Crippen molar-refractivity contribution in [1.82, 2.24) is 4.57 Å². The molecule has 0 saturated carbocycles. The van der Waals surface area contributed by atoms with Crippen LogP contribution in [0, 0.1) is 0 Å². The lowest BCUT2D eigenvalue weighted by Crippen LogP contribution is -1.93. The average Bonchev–Trinajstić information content (AvgIpc) is 3.30. The summed E-state index contributed by atoms with van der Waals surface area (Å²) in [5.41, 5.74) is 5.25. The Morgan fingerprint density at radius 2 is 1.18 bits per heavy atom. The van der Waals surface area contributed by atoms with Crippen molar-refractivity contribution >= 4 is 53.3 Å². The van der Waals surface area contributed by atoms with Gasteiger partial charge in [0.05, 0.1) is 21.4 Å². The third kappa shape index (κ3) is 2.07. The molecule has 0 aliphatic carbocycles. The first kappa shape index (κ1) is 15.9. The number of thiophene rings is 1. The molecule has 6 aromatic rings. The van der Waals surface area contributed by atoms with Gasteiger partial charge in [-0.2, -0.15) is 0 Å². The smallest absolute Gasteiger partial charge is 0.0640 e. The zero-order chi connectivity index (χ0) is 18.7. The Morgan fingerprint density at radius 1 is 0.607 bits per heavy atom. The van der Waals surface area contributed by atoms with Crippen molar-refractivity contribution < 1.29 is 0 Å². The van der Waals surface area contributed by atoms with Crippen molar-refractivity contribution in [3.8, 4) is 5.69 Å². The summed E-state index contributed by atoms with van der Waals surface area (Å²) in [6, 6.07) is 30.9. The van der Waals surface area contributed by atoms with Gasteiger partial charge in [-0.15, -0.1) is 11.3 Å². The van der Waals surface area contributed by atoms with Gasteiger partial charge in [0.2, 0.25) is 0 Å². The van der Waals surface area contributed by atoms with Crippen molar-refractivity contribution in [3.05, 3.63) is 90.5 Å². The minimum atomic E-state index is 1.06. The molecule has 0 unspecified atom stereocenters. The minimum Gasteiger partial charge on any atom is -0.308 e. The van der Waals surface area contributed by atoms with E-state index in [1.54, 1.807) is 0 Å². The molecular formula is C26H19NS. The van der Waals surface area contributed by atoms with Gasteiger partial charge >= 0.3 is 0 Å². The van der Waals surface area contributed by atoms with Crippen molar-refractivity contribution in [2.45, 2.75) is 13.3 Å². The van der Waals surface area contributed by atoms with Gasteiger partial charge in [-0.05, 0) is 30.2 Å². The molecular weight excluding hydrogens is 358 g/mol. The molecule has 2 aromatic heterocycles. The van der Waals surface area contributed by atoms with Crippen molar-refractivity contribution in [2.24, 2.45) is 0 Å². The van der Waals surface area contributed by atoms with E-state index in [1.807, 2.05) is 11.3 Å². The highest BCUT2D eigenvalue weighted by molar-refractivity contribution is 7.26.